The van der Waals surface area contributed by atoms with E-state index in [1.165, 1.54) is 6.21 Å². The molecule has 0 bridgehead atoms. The minimum absolute atomic E-state index is 0.123. The van der Waals surface area contributed by atoms with Crippen molar-refractivity contribution in [1.82, 2.24) is 0 Å². The third-order valence-corrected chi connectivity index (χ3v) is 2.06. The van der Waals surface area contributed by atoms with Gasteiger partial charge in [0.15, 0.2) is 5.70 Å². The van der Waals surface area contributed by atoms with Crippen LogP contribution >= 0.6 is 11.6 Å². The Labute approximate surface area is 97.9 Å². The van der Waals surface area contributed by atoms with E-state index in [4.69, 9.17) is 27.9 Å². The summed E-state index contributed by atoms with van der Waals surface area (Å²) in [7, 11) is 0. The van der Waals surface area contributed by atoms with Gasteiger partial charge in [0.2, 0.25) is 0 Å². The van der Waals surface area contributed by atoms with E-state index in [-0.39, 0.29) is 11.4 Å². The molecule has 16 heavy (non-hydrogen) atoms. The number of aliphatic imine (C=N–C) groups is 1. The number of nitriles is 2. The first-order valence-corrected chi connectivity index (χ1v) is 4.65. The Morgan fingerprint density at radius 3 is 2.56 bits per heavy atom. The first-order valence-electron chi connectivity index (χ1n) is 4.27. The van der Waals surface area contributed by atoms with E-state index in [1.54, 1.807) is 36.4 Å². The number of hydrogen-bond donors (Lipinski definition) is 1. The summed E-state index contributed by atoms with van der Waals surface area (Å²) < 4.78 is 0. The number of rotatable bonds is 2. The molecule has 0 aliphatic rings. The monoisotopic (exact) mass is 230 g/mol. The van der Waals surface area contributed by atoms with Crippen molar-refractivity contribution in [3.63, 3.8) is 0 Å². The maximum Gasteiger partial charge on any atom is 0.174 e. The largest absolute Gasteiger partial charge is 0.388 e. The summed E-state index contributed by atoms with van der Waals surface area (Å²) in [5.74, 6) is 0. The van der Waals surface area contributed by atoms with Crippen LogP contribution in [0.4, 0.5) is 0 Å². The van der Waals surface area contributed by atoms with Crippen LogP contribution in [0.25, 0.3) is 0 Å². The molecule has 0 spiro atoms. The zero-order valence-corrected chi connectivity index (χ0v) is 8.94. The molecule has 0 saturated carbocycles. The van der Waals surface area contributed by atoms with E-state index in [1.807, 2.05) is 0 Å². The Bertz CT molecular complexity index is 532. The summed E-state index contributed by atoms with van der Waals surface area (Å²) in [5.41, 5.74) is 5.59. The van der Waals surface area contributed by atoms with Gasteiger partial charge in [0.1, 0.15) is 17.8 Å². The maximum absolute atomic E-state index is 8.69. The Kier molecular flexibility index (Phi) is 4.08. The molecule has 2 N–H and O–H groups in total. The molecule has 0 unspecified atom stereocenters. The van der Waals surface area contributed by atoms with Gasteiger partial charge in [-0.3, -0.25) is 0 Å². The van der Waals surface area contributed by atoms with E-state index in [0.717, 1.165) is 0 Å². The summed E-state index contributed by atoms with van der Waals surface area (Å²) in [4.78, 5) is 3.81. The van der Waals surface area contributed by atoms with Crippen molar-refractivity contribution in [2.75, 3.05) is 0 Å². The molecule has 4 nitrogen and oxygen atoms in total. The predicted octanol–water partition coefficient (Wildman–Crippen LogP) is 1.98. The second kappa shape index (κ2) is 5.55. The summed E-state index contributed by atoms with van der Waals surface area (Å²) in [5, 5.41) is 17.7. The van der Waals surface area contributed by atoms with Crippen LogP contribution < -0.4 is 5.73 Å². The highest BCUT2D eigenvalue weighted by atomic mass is 35.5. The van der Waals surface area contributed by atoms with Gasteiger partial charge in [-0.25, -0.2) is 4.99 Å². The van der Waals surface area contributed by atoms with Crippen molar-refractivity contribution < 1.29 is 0 Å². The van der Waals surface area contributed by atoms with E-state index < -0.39 is 0 Å². The molecule has 0 amide bonds. The molecule has 0 heterocycles. The van der Waals surface area contributed by atoms with Gasteiger partial charge in [0, 0.05) is 16.8 Å². The zero-order chi connectivity index (χ0) is 12.0. The number of nitrogens with zero attached hydrogens (tertiary/aromatic N) is 3. The molecule has 0 aliphatic carbocycles. The molecule has 0 aliphatic heterocycles. The number of benzene rings is 1. The number of hydrogen-bond acceptors (Lipinski definition) is 4. The number of allylic oxidation sites excluding steroid dienone is 2. The standard InChI is InChI=1S/C11H7ClN4/c12-9-4-2-1-3-8(9)7-16-11(6-14)10(15)5-13/h1-4,7H,15H2. The first-order chi connectivity index (χ1) is 7.69. The van der Waals surface area contributed by atoms with Gasteiger partial charge in [-0.2, -0.15) is 10.5 Å². The Morgan fingerprint density at radius 1 is 1.31 bits per heavy atom. The fourth-order valence-electron chi connectivity index (χ4n) is 0.925. The lowest BCUT2D eigenvalue weighted by molar-refractivity contribution is 1.27. The highest BCUT2D eigenvalue weighted by molar-refractivity contribution is 6.33. The summed E-state index contributed by atoms with van der Waals surface area (Å²) in [6, 6.07) is 10.4. The quantitative estimate of drug-likeness (QED) is 0.623. The molecular weight excluding hydrogens is 224 g/mol. The molecule has 0 saturated heterocycles. The van der Waals surface area contributed by atoms with Crippen molar-refractivity contribution in [3.8, 4) is 12.1 Å². The van der Waals surface area contributed by atoms with Gasteiger partial charge in [0.05, 0.1) is 0 Å². The molecule has 1 aromatic carbocycles. The number of nitrogens with two attached hydrogens (primary N) is 1. The highest BCUT2D eigenvalue weighted by Gasteiger charge is 1.99. The third kappa shape index (κ3) is 2.84. The van der Waals surface area contributed by atoms with Crippen LogP contribution in [0, 0.1) is 22.7 Å². The molecule has 0 aromatic heterocycles. The van der Waals surface area contributed by atoms with Crippen molar-refractivity contribution in [1.29, 1.82) is 10.5 Å². The van der Waals surface area contributed by atoms with E-state index in [9.17, 15) is 0 Å². The topological polar surface area (TPSA) is 86.0 Å². The summed E-state index contributed by atoms with van der Waals surface area (Å²) in [6.07, 6.45) is 1.39. The van der Waals surface area contributed by atoms with Crippen LogP contribution in [-0.4, -0.2) is 6.21 Å². The van der Waals surface area contributed by atoms with E-state index in [0.29, 0.717) is 10.6 Å². The van der Waals surface area contributed by atoms with Gasteiger partial charge in [-0.05, 0) is 6.07 Å². The number of halogens is 1. The van der Waals surface area contributed by atoms with Crippen LogP contribution in [0.15, 0.2) is 40.7 Å². The molecule has 5 heteroatoms. The third-order valence-electron chi connectivity index (χ3n) is 1.72. The smallest absolute Gasteiger partial charge is 0.174 e. The maximum atomic E-state index is 8.69. The Balaban J connectivity index is 3.04. The van der Waals surface area contributed by atoms with Gasteiger partial charge in [0.25, 0.3) is 0 Å². The zero-order valence-electron chi connectivity index (χ0n) is 8.18. The molecule has 0 fully saturated rings. The van der Waals surface area contributed by atoms with Gasteiger partial charge in [-0.15, -0.1) is 0 Å². The van der Waals surface area contributed by atoms with Crippen LogP contribution in [-0.2, 0) is 0 Å². The minimum Gasteiger partial charge on any atom is -0.388 e. The average molecular weight is 231 g/mol. The van der Waals surface area contributed by atoms with Gasteiger partial charge >= 0.3 is 0 Å². The predicted molar refractivity (Wildman–Crippen MR) is 61.5 cm³/mol. The summed E-state index contributed by atoms with van der Waals surface area (Å²) in [6.45, 7) is 0. The Hall–Kier alpha value is -2.30. The van der Waals surface area contributed by atoms with Crippen molar-refractivity contribution in [3.05, 3.63) is 46.2 Å². The second-order valence-corrected chi connectivity index (χ2v) is 3.17. The SMILES string of the molecule is N#CC(N)=C(C#N)N=Cc1ccccc1Cl. The van der Waals surface area contributed by atoms with Crippen LogP contribution in [0.5, 0.6) is 0 Å². The molecule has 0 atom stereocenters. The molecule has 0 radical (unpaired) electrons. The fraction of sp³-hybridized carbons (Fsp3) is 0. The van der Waals surface area contributed by atoms with Crippen molar-refractivity contribution in [2.45, 2.75) is 0 Å². The van der Waals surface area contributed by atoms with Crippen molar-refractivity contribution in [2.24, 2.45) is 10.7 Å². The average Bonchev–Trinajstić information content (AvgIpc) is 2.31. The van der Waals surface area contributed by atoms with Crippen molar-refractivity contribution >= 4 is 17.8 Å². The molecule has 78 valence electrons. The van der Waals surface area contributed by atoms with E-state index in [2.05, 4.69) is 4.99 Å². The van der Waals surface area contributed by atoms with Gasteiger partial charge in [-0.1, -0.05) is 29.8 Å². The van der Waals surface area contributed by atoms with Gasteiger partial charge < -0.3 is 5.73 Å². The van der Waals surface area contributed by atoms with Crippen LogP contribution in [0.2, 0.25) is 5.02 Å². The minimum atomic E-state index is -0.217. The van der Waals surface area contributed by atoms with Crippen LogP contribution in [0.3, 0.4) is 0 Å². The lowest BCUT2D eigenvalue weighted by Gasteiger charge is -1.95. The van der Waals surface area contributed by atoms with Crippen LogP contribution in [0.1, 0.15) is 5.56 Å². The molecule has 1 rings (SSSR count). The second-order valence-electron chi connectivity index (χ2n) is 2.77. The fourth-order valence-corrected chi connectivity index (χ4v) is 1.11. The normalized spacial score (nSPS) is 11.7. The lowest BCUT2D eigenvalue weighted by atomic mass is 10.2. The van der Waals surface area contributed by atoms with E-state index >= 15 is 0 Å². The lowest BCUT2D eigenvalue weighted by Crippen LogP contribution is -1.97. The first kappa shape index (κ1) is 11.8. The highest BCUT2D eigenvalue weighted by Crippen LogP contribution is 2.13. The molecular formula is C11H7ClN4. The summed E-state index contributed by atoms with van der Waals surface area (Å²) >= 11 is 5.88. The molecule has 1 aromatic rings. The Morgan fingerprint density at radius 2 is 2.00 bits per heavy atom.